The molecule has 0 bridgehead atoms. The maximum Gasteiger partial charge on any atom is 0.416 e. The van der Waals surface area contributed by atoms with E-state index < -0.39 is 35.5 Å². The Bertz CT molecular complexity index is 1170. The van der Waals surface area contributed by atoms with E-state index in [2.05, 4.69) is 15.3 Å². The number of rotatable bonds is 8. The van der Waals surface area contributed by atoms with Gasteiger partial charge in [-0.05, 0) is 42.8 Å². The molecule has 1 amide bonds. The first-order chi connectivity index (χ1) is 16.0. The molecule has 0 aliphatic heterocycles. The predicted molar refractivity (Wildman–Crippen MR) is 112 cm³/mol. The second kappa shape index (κ2) is 10.3. The number of carbonyl (C=O) groups is 2. The van der Waals surface area contributed by atoms with Gasteiger partial charge in [-0.2, -0.15) is 13.2 Å². The van der Waals surface area contributed by atoms with E-state index in [1.165, 1.54) is 0 Å². The number of carboxylic acids is 1. The summed E-state index contributed by atoms with van der Waals surface area (Å²) in [6.45, 7) is 1.71. The summed E-state index contributed by atoms with van der Waals surface area (Å²) >= 11 is 0. The average Bonchev–Trinajstić information content (AvgIpc) is 2.79. The summed E-state index contributed by atoms with van der Waals surface area (Å²) in [5, 5.41) is 11.1. The summed E-state index contributed by atoms with van der Waals surface area (Å²) in [6.07, 6.45) is -3.01. The number of benzene rings is 2. The molecule has 7 nitrogen and oxygen atoms in total. The molecule has 34 heavy (non-hydrogen) atoms. The fourth-order valence-corrected chi connectivity index (χ4v) is 2.96. The van der Waals surface area contributed by atoms with Crippen LogP contribution in [0.15, 0.2) is 54.9 Å². The monoisotopic (exact) mass is 477 g/mol. The lowest BCUT2D eigenvalue weighted by molar-refractivity contribution is -0.138. The molecule has 0 spiro atoms. The molecule has 0 fully saturated rings. The van der Waals surface area contributed by atoms with Crippen LogP contribution in [-0.2, 0) is 11.0 Å². The molecule has 0 saturated heterocycles. The van der Waals surface area contributed by atoms with Crippen LogP contribution in [0.3, 0.4) is 0 Å². The second-order valence-corrected chi connectivity index (χ2v) is 7.23. The number of aromatic nitrogens is 2. The van der Waals surface area contributed by atoms with Gasteiger partial charge in [0.05, 0.1) is 12.0 Å². The van der Waals surface area contributed by atoms with E-state index in [1.807, 2.05) is 0 Å². The Labute approximate surface area is 191 Å². The normalized spacial score (nSPS) is 12.1. The van der Waals surface area contributed by atoms with Crippen molar-refractivity contribution in [2.45, 2.75) is 25.6 Å². The SMILES string of the molecule is CC(Oc1ncc(-c2cc(C(F)(F)F)ccc2F)cn1)c1ccc(C(=O)NCCC(=O)O)cc1. The quantitative estimate of drug-likeness (QED) is 0.458. The molecule has 1 heterocycles. The van der Waals surface area contributed by atoms with E-state index in [9.17, 15) is 27.2 Å². The van der Waals surface area contributed by atoms with Crippen LogP contribution >= 0.6 is 0 Å². The van der Waals surface area contributed by atoms with Crippen molar-refractivity contribution in [3.05, 3.63) is 77.4 Å². The number of halogens is 4. The first-order valence-electron chi connectivity index (χ1n) is 10.0. The smallest absolute Gasteiger partial charge is 0.416 e. The van der Waals surface area contributed by atoms with Crippen molar-refractivity contribution >= 4 is 11.9 Å². The highest BCUT2D eigenvalue weighted by atomic mass is 19.4. The Kier molecular flexibility index (Phi) is 7.44. The molecule has 0 saturated carbocycles. The Balaban J connectivity index is 1.66. The lowest BCUT2D eigenvalue weighted by Crippen LogP contribution is -2.25. The molecule has 0 aliphatic rings. The third-order valence-corrected chi connectivity index (χ3v) is 4.78. The fraction of sp³-hybridized carbons (Fsp3) is 0.217. The summed E-state index contributed by atoms with van der Waals surface area (Å²) in [7, 11) is 0. The highest BCUT2D eigenvalue weighted by Gasteiger charge is 2.31. The van der Waals surface area contributed by atoms with E-state index in [0.29, 0.717) is 23.3 Å². The molecule has 2 aromatic carbocycles. The average molecular weight is 477 g/mol. The molecular formula is C23H19F4N3O4. The van der Waals surface area contributed by atoms with Gasteiger partial charge in [0.1, 0.15) is 11.9 Å². The van der Waals surface area contributed by atoms with E-state index in [-0.39, 0.29) is 30.1 Å². The van der Waals surface area contributed by atoms with Gasteiger partial charge in [0.25, 0.3) is 5.91 Å². The molecular weight excluding hydrogens is 458 g/mol. The number of ether oxygens (including phenoxy) is 1. The topological polar surface area (TPSA) is 101 Å². The zero-order valence-electron chi connectivity index (χ0n) is 17.8. The first kappa shape index (κ1) is 24.6. The number of nitrogens with zero attached hydrogens (tertiary/aromatic N) is 2. The summed E-state index contributed by atoms with van der Waals surface area (Å²) < 4.78 is 58.4. The number of hydrogen-bond acceptors (Lipinski definition) is 5. The zero-order valence-corrected chi connectivity index (χ0v) is 17.8. The summed E-state index contributed by atoms with van der Waals surface area (Å²) in [4.78, 5) is 30.4. The fourth-order valence-electron chi connectivity index (χ4n) is 2.96. The number of alkyl halides is 3. The predicted octanol–water partition coefficient (Wildman–Crippen LogP) is 4.65. The van der Waals surface area contributed by atoms with Crippen molar-refractivity contribution in [1.82, 2.24) is 15.3 Å². The van der Waals surface area contributed by atoms with Crippen LogP contribution in [0.1, 0.15) is 40.9 Å². The number of carboxylic acid groups (broad SMARTS) is 1. The van der Waals surface area contributed by atoms with Gasteiger partial charge in [-0.15, -0.1) is 0 Å². The lowest BCUT2D eigenvalue weighted by Gasteiger charge is -2.14. The van der Waals surface area contributed by atoms with Crippen LogP contribution in [0.4, 0.5) is 17.6 Å². The van der Waals surface area contributed by atoms with Gasteiger partial charge in [-0.1, -0.05) is 12.1 Å². The minimum atomic E-state index is -4.61. The maximum absolute atomic E-state index is 14.1. The van der Waals surface area contributed by atoms with Crippen molar-refractivity contribution in [1.29, 1.82) is 0 Å². The molecule has 11 heteroatoms. The van der Waals surface area contributed by atoms with Crippen LogP contribution in [0.2, 0.25) is 0 Å². The third-order valence-electron chi connectivity index (χ3n) is 4.78. The van der Waals surface area contributed by atoms with E-state index in [0.717, 1.165) is 18.5 Å². The standard InChI is InChI=1S/C23H19F4N3O4/c1-13(14-2-4-15(5-3-14)21(33)28-9-8-20(31)32)34-22-29-11-16(12-30-22)18-10-17(23(25,26)27)6-7-19(18)24/h2-7,10-13H,8-9H2,1H3,(H,28,33)(H,31,32). The molecule has 1 unspecified atom stereocenters. The number of nitrogens with one attached hydrogen (secondary N) is 1. The van der Waals surface area contributed by atoms with Crippen molar-refractivity contribution < 1.29 is 37.0 Å². The summed E-state index contributed by atoms with van der Waals surface area (Å²) in [5.74, 6) is -2.27. The van der Waals surface area contributed by atoms with E-state index in [1.54, 1.807) is 31.2 Å². The van der Waals surface area contributed by atoms with Crippen LogP contribution < -0.4 is 10.1 Å². The number of carbonyl (C=O) groups excluding carboxylic acids is 1. The highest BCUT2D eigenvalue weighted by Crippen LogP contribution is 2.33. The minimum Gasteiger partial charge on any atom is -0.481 e. The van der Waals surface area contributed by atoms with Gasteiger partial charge in [-0.25, -0.2) is 14.4 Å². The summed E-state index contributed by atoms with van der Waals surface area (Å²) in [6, 6.07) is 8.39. The second-order valence-electron chi connectivity index (χ2n) is 7.23. The molecule has 1 atom stereocenters. The van der Waals surface area contributed by atoms with Crippen LogP contribution in [0.5, 0.6) is 6.01 Å². The molecule has 0 aliphatic carbocycles. The van der Waals surface area contributed by atoms with Gasteiger partial charge in [0.2, 0.25) is 0 Å². The Morgan fingerprint density at radius 2 is 1.74 bits per heavy atom. The summed E-state index contributed by atoms with van der Waals surface area (Å²) in [5.41, 5.74) is -0.200. The number of hydrogen-bond donors (Lipinski definition) is 2. The van der Waals surface area contributed by atoms with Crippen molar-refractivity contribution in [2.24, 2.45) is 0 Å². The highest BCUT2D eigenvalue weighted by molar-refractivity contribution is 5.94. The van der Waals surface area contributed by atoms with E-state index in [4.69, 9.17) is 9.84 Å². The Hall–Kier alpha value is -4.02. The van der Waals surface area contributed by atoms with Crippen LogP contribution in [0.25, 0.3) is 11.1 Å². The van der Waals surface area contributed by atoms with Gasteiger partial charge >= 0.3 is 18.2 Å². The zero-order chi connectivity index (χ0) is 24.9. The molecule has 1 aromatic heterocycles. The third kappa shape index (κ3) is 6.27. The number of aliphatic carboxylic acids is 1. The molecule has 2 N–H and O–H groups in total. The van der Waals surface area contributed by atoms with Crippen LogP contribution in [0, 0.1) is 5.82 Å². The van der Waals surface area contributed by atoms with Gasteiger partial charge in [0, 0.05) is 35.6 Å². The molecule has 0 radical (unpaired) electrons. The molecule has 3 aromatic rings. The van der Waals surface area contributed by atoms with Gasteiger partial charge in [-0.3, -0.25) is 9.59 Å². The molecule has 178 valence electrons. The Morgan fingerprint density at radius 3 is 2.32 bits per heavy atom. The first-order valence-corrected chi connectivity index (χ1v) is 10.0. The lowest BCUT2D eigenvalue weighted by atomic mass is 10.0. The maximum atomic E-state index is 14.1. The Morgan fingerprint density at radius 1 is 1.09 bits per heavy atom. The van der Waals surface area contributed by atoms with Crippen molar-refractivity contribution in [3.63, 3.8) is 0 Å². The van der Waals surface area contributed by atoms with Crippen LogP contribution in [-0.4, -0.2) is 33.5 Å². The van der Waals surface area contributed by atoms with E-state index >= 15 is 0 Å². The van der Waals surface area contributed by atoms with Crippen molar-refractivity contribution in [3.8, 4) is 17.1 Å². The van der Waals surface area contributed by atoms with Gasteiger partial charge in [0.15, 0.2) is 0 Å². The minimum absolute atomic E-state index is 0.00711. The van der Waals surface area contributed by atoms with Crippen molar-refractivity contribution in [2.75, 3.05) is 6.54 Å². The molecule has 3 rings (SSSR count). The van der Waals surface area contributed by atoms with Gasteiger partial charge < -0.3 is 15.2 Å². The number of amides is 1. The largest absolute Gasteiger partial charge is 0.481 e.